The third-order valence-electron chi connectivity index (χ3n) is 4.00. The van der Waals surface area contributed by atoms with Crippen LogP contribution in [0.4, 0.5) is 5.82 Å². The SMILES string of the molecule is Cn1ncc(-c2noc([C@@H]3C[C@H]3c3ccccc3)n2)c1N. The minimum absolute atomic E-state index is 0.312. The molecule has 2 aromatic heterocycles. The Kier molecular flexibility index (Phi) is 2.57. The number of nitrogens with zero attached hydrogens (tertiary/aromatic N) is 4. The van der Waals surface area contributed by atoms with Crippen LogP contribution in [0.25, 0.3) is 11.4 Å². The first-order chi connectivity index (χ1) is 10.2. The van der Waals surface area contributed by atoms with Crippen molar-refractivity contribution in [3.8, 4) is 11.4 Å². The molecule has 6 heteroatoms. The van der Waals surface area contributed by atoms with Crippen molar-refractivity contribution in [3.05, 3.63) is 48.0 Å². The maximum atomic E-state index is 5.93. The van der Waals surface area contributed by atoms with Gasteiger partial charge in [0.05, 0.1) is 11.8 Å². The van der Waals surface area contributed by atoms with Gasteiger partial charge in [0.25, 0.3) is 0 Å². The minimum Gasteiger partial charge on any atom is -0.383 e. The van der Waals surface area contributed by atoms with Crippen LogP contribution in [-0.4, -0.2) is 19.9 Å². The Balaban J connectivity index is 1.58. The van der Waals surface area contributed by atoms with E-state index >= 15 is 0 Å². The molecular formula is C15H15N5O. The average molecular weight is 281 g/mol. The first-order valence-electron chi connectivity index (χ1n) is 6.90. The number of rotatable bonds is 3. The molecule has 0 bridgehead atoms. The van der Waals surface area contributed by atoms with Gasteiger partial charge in [-0.2, -0.15) is 10.1 Å². The molecule has 0 saturated heterocycles. The van der Waals surface area contributed by atoms with Crippen LogP contribution < -0.4 is 5.73 Å². The number of hydrogen-bond donors (Lipinski definition) is 1. The van der Waals surface area contributed by atoms with Crippen LogP contribution in [0.3, 0.4) is 0 Å². The molecule has 1 saturated carbocycles. The number of nitrogen functional groups attached to an aromatic ring is 1. The first kappa shape index (κ1) is 12.1. The molecule has 1 aliphatic rings. The van der Waals surface area contributed by atoms with Crippen LogP contribution >= 0.6 is 0 Å². The lowest BCUT2D eigenvalue weighted by Gasteiger charge is -1.96. The third-order valence-corrected chi connectivity index (χ3v) is 4.00. The van der Waals surface area contributed by atoms with E-state index in [1.54, 1.807) is 17.9 Å². The van der Waals surface area contributed by atoms with Gasteiger partial charge >= 0.3 is 0 Å². The molecule has 2 heterocycles. The molecule has 2 N–H and O–H groups in total. The lowest BCUT2D eigenvalue weighted by atomic mass is 10.1. The van der Waals surface area contributed by atoms with Crippen LogP contribution in [0.15, 0.2) is 41.1 Å². The second-order valence-corrected chi connectivity index (χ2v) is 5.38. The summed E-state index contributed by atoms with van der Waals surface area (Å²) < 4.78 is 7.00. The van der Waals surface area contributed by atoms with Gasteiger partial charge in [-0.3, -0.25) is 4.68 Å². The van der Waals surface area contributed by atoms with Gasteiger partial charge < -0.3 is 10.3 Å². The largest absolute Gasteiger partial charge is 0.383 e. The molecule has 0 radical (unpaired) electrons. The molecular weight excluding hydrogens is 266 g/mol. The summed E-state index contributed by atoms with van der Waals surface area (Å²) in [6.07, 6.45) is 2.71. The van der Waals surface area contributed by atoms with Crippen molar-refractivity contribution in [1.82, 2.24) is 19.9 Å². The van der Waals surface area contributed by atoms with Gasteiger partial charge in [-0.25, -0.2) is 0 Å². The van der Waals surface area contributed by atoms with E-state index in [0.29, 0.717) is 34.9 Å². The molecule has 6 nitrogen and oxygen atoms in total. The summed E-state index contributed by atoms with van der Waals surface area (Å²) in [6, 6.07) is 10.4. The summed E-state index contributed by atoms with van der Waals surface area (Å²) in [7, 11) is 1.78. The average Bonchev–Trinajstić information content (AvgIpc) is 3.05. The van der Waals surface area contributed by atoms with E-state index in [2.05, 4.69) is 39.5 Å². The highest BCUT2D eigenvalue weighted by molar-refractivity contribution is 5.67. The Labute approximate surface area is 121 Å². The van der Waals surface area contributed by atoms with E-state index in [-0.39, 0.29) is 0 Å². The number of nitrogens with two attached hydrogens (primary N) is 1. The number of anilines is 1. The molecule has 0 spiro atoms. The van der Waals surface area contributed by atoms with Crippen molar-refractivity contribution >= 4 is 5.82 Å². The molecule has 1 fully saturated rings. The van der Waals surface area contributed by atoms with E-state index < -0.39 is 0 Å². The van der Waals surface area contributed by atoms with Gasteiger partial charge in [-0.1, -0.05) is 35.5 Å². The summed E-state index contributed by atoms with van der Waals surface area (Å²) in [5.74, 6) is 2.52. The highest BCUT2D eigenvalue weighted by atomic mass is 16.5. The number of hydrogen-bond acceptors (Lipinski definition) is 5. The van der Waals surface area contributed by atoms with Gasteiger partial charge in [0, 0.05) is 13.0 Å². The molecule has 1 aliphatic carbocycles. The summed E-state index contributed by atoms with van der Waals surface area (Å²) >= 11 is 0. The first-order valence-corrected chi connectivity index (χ1v) is 6.90. The van der Waals surface area contributed by atoms with E-state index in [1.807, 2.05) is 6.07 Å². The highest BCUT2D eigenvalue weighted by Gasteiger charge is 2.43. The normalized spacial score (nSPS) is 20.6. The van der Waals surface area contributed by atoms with Crippen LogP contribution in [0.2, 0.25) is 0 Å². The quantitative estimate of drug-likeness (QED) is 0.796. The zero-order valence-corrected chi connectivity index (χ0v) is 11.6. The molecule has 0 amide bonds. The van der Waals surface area contributed by atoms with Crippen molar-refractivity contribution in [3.63, 3.8) is 0 Å². The van der Waals surface area contributed by atoms with Crippen molar-refractivity contribution in [1.29, 1.82) is 0 Å². The fourth-order valence-electron chi connectivity index (χ4n) is 2.65. The lowest BCUT2D eigenvalue weighted by molar-refractivity contribution is 0.378. The van der Waals surface area contributed by atoms with Crippen LogP contribution in [0, 0.1) is 0 Å². The molecule has 2 atom stereocenters. The molecule has 0 unspecified atom stereocenters. The summed E-state index contributed by atoms with van der Waals surface area (Å²) in [5, 5.41) is 8.13. The van der Waals surface area contributed by atoms with E-state index in [1.165, 1.54) is 5.56 Å². The Morgan fingerprint density at radius 2 is 2.05 bits per heavy atom. The molecule has 106 valence electrons. The Morgan fingerprint density at radius 3 is 2.76 bits per heavy atom. The van der Waals surface area contributed by atoms with E-state index in [4.69, 9.17) is 10.3 Å². The summed E-state index contributed by atoms with van der Waals surface area (Å²) in [6.45, 7) is 0. The lowest BCUT2D eigenvalue weighted by Crippen LogP contribution is -1.98. The number of benzene rings is 1. The van der Waals surface area contributed by atoms with Crippen molar-refractivity contribution in [2.45, 2.75) is 18.3 Å². The second kappa shape index (κ2) is 4.44. The second-order valence-electron chi connectivity index (χ2n) is 5.38. The zero-order chi connectivity index (χ0) is 14.4. The van der Waals surface area contributed by atoms with Crippen molar-refractivity contribution in [2.24, 2.45) is 7.05 Å². The molecule has 0 aliphatic heterocycles. The molecule has 3 aromatic rings. The zero-order valence-electron chi connectivity index (χ0n) is 11.6. The molecule has 4 rings (SSSR count). The van der Waals surface area contributed by atoms with Gasteiger partial charge in [0.1, 0.15) is 5.82 Å². The minimum atomic E-state index is 0.312. The predicted molar refractivity (Wildman–Crippen MR) is 77.5 cm³/mol. The van der Waals surface area contributed by atoms with E-state index in [9.17, 15) is 0 Å². The Hall–Kier alpha value is -2.63. The fourth-order valence-corrected chi connectivity index (χ4v) is 2.65. The smallest absolute Gasteiger partial charge is 0.230 e. The topological polar surface area (TPSA) is 82.8 Å². The number of aromatic nitrogens is 4. The molecule has 1 aromatic carbocycles. The fraction of sp³-hybridized carbons (Fsp3) is 0.267. The van der Waals surface area contributed by atoms with Gasteiger partial charge in [0.2, 0.25) is 11.7 Å². The van der Waals surface area contributed by atoms with Crippen LogP contribution in [0.5, 0.6) is 0 Å². The molecule has 21 heavy (non-hydrogen) atoms. The van der Waals surface area contributed by atoms with Gasteiger partial charge in [0.15, 0.2) is 0 Å². The van der Waals surface area contributed by atoms with Crippen molar-refractivity contribution in [2.75, 3.05) is 5.73 Å². The van der Waals surface area contributed by atoms with Gasteiger partial charge in [-0.15, -0.1) is 0 Å². The Morgan fingerprint density at radius 1 is 1.24 bits per heavy atom. The van der Waals surface area contributed by atoms with Crippen molar-refractivity contribution < 1.29 is 4.52 Å². The van der Waals surface area contributed by atoms with Gasteiger partial charge in [-0.05, 0) is 17.9 Å². The standard InChI is InChI=1S/C15H15N5O/c1-20-13(16)12(8-17-20)14-18-15(21-19-14)11-7-10(11)9-5-3-2-4-6-9/h2-6,8,10-11H,7,16H2,1H3/t10-,11+/m0/s1. The summed E-state index contributed by atoms with van der Waals surface area (Å²) in [5.41, 5.74) is 7.97. The Bertz CT molecular complexity index is 776. The monoisotopic (exact) mass is 281 g/mol. The highest BCUT2D eigenvalue weighted by Crippen LogP contribution is 2.54. The third kappa shape index (κ3) is 1.99. The van der Waals surface area contributed by atoms with Crippen LogP contribution in [0.1, 0.15) is 29.7 Å². The van der Waals surface area contributed by atoms with Crippen LogP contribution in [-0.2, 0) is 7.05 Å². The predicted octanol–water partition coefficient (Wildman–Crippen LogP) is 2.32. The maximum Gasteiger partial charge on any atom is 0.230 e. The summed E-state index contributed by atoms with van der Waals surface area (Å²) in [4.78, 5) is 4.48. The van der Waals surface area contributed by atoms with E-state index in [0.717, 1.165) is 6.42 Å². The maximum absolute atomic E-state index is 5.93. The number of aryl methyl sites for hydroxylation is 1.